The quantitative estimate of drug-likeness (QED) is 0.369. The summed E-state index contributed by atoms with van der Waals surface area (Å²) in [6.07, 6.45) is 0.688. The number of nitrogens with one attached hydrogen (secondary N) is 2. The van der Waals surface area contributed by atoms with Crippen LogP contribution < -0.4 is 10.6 Å². The number of rotatable bonds is 3. The topological polar surface area (TPSA) is 73.4 Å². The van der Waals surface area contributed by atoms with Crippen molar-refractivity contribution < 1.29 is 9.18 Å². The standard InChI is InChI=1S/C32H31FN6O/c1-20-4-7-23(15-22(20)8-5-21-6-9-24-17-35-32(34-2)37-28(24)14-21)31(40)36-26-11-10-25-18-39-13-12-38(3)19-29(39)30(33)27(25)16-26/h4,6-7,9-11,14-17,29-30H,12-13,18-19H2,1-3H3,(H,36,40)(H,34,35,37). The molecule has 7 nitrogen and oxygen atoms in total. The van der Waals surface area contributed by atoms with E-state index in [0.717, 1.165) is 52.8 Å². The van der Waals surface area contributed by atoms with Crippen LogP contribution >= 0.6 is 0 Å². The Morgan fingerprint density at radius 2 is 1.95 bits per heavy atom. The lowest BCUT2D eigenvalue weighted by Crippen LogP contribution is -2.55. The number of halogens is 1. The molecule has 0 aliphatic carbocycles. The van der Waals surface area contributed by atoms with E-state index < -0.39 is 6.17 Å². The van der Waals surface area contributed by atoms with E-state index in [1.807, 2.05) is 50.4 Å². The van der Waals surface area contributed by atoms with E-state index >= 15 is 4.39 Å². The maximum Gasteiger partial charge on any atom is 0.255 e. The summed E-state index contributed by atoms with van der Waals surface area (Å²) in [5.74, 6) is 6.71. The molecule has 3 aromatic carbocycles. The van der Waals surface area contributed by atoms with Crippen molar-refractivity contribution in [3.8, 4) is 11.8 Å². The van der Waals surface area contributed by atoms with Gasteiger partial charge >= 0.3 is 0 Å². The number of likely N-dealkylation sites (N-methyl/N-ethyl adjacent to an activating group) is 1. The number of carbonyl (C=O) groups excluding carboxylic acids is 1. The van der Waals surface area contributed by atoms with Crippen LogP contribution in [0.2, 0.25) is 0 Å². The van der Waals surface area contributed by atoms with Gasteiger partial charge in [-0.1, -0.05) is 30.0 Å². The van der Waals surface area contributed by atoms with Gasteiger partial charge in [0.1, 0.15) is 6.17 Å². The van der Waals surface area contributed by atoms with Crippen LogP contribution in [0.25, 0.3) is 10.9 Å². The largest absolute Gasteiger partial charge is 0.357 e. The summed E-state index contributed by atoms with van der Waals surface area (Å²) in [5.41, 5.74) is 6.11. The minimum Gasteiger partial charge on any atom is -0.357 e. The molecular formula is C32H31FN6O. The molecule has 0 radical (unpaired) electrons. The molecule has 202 valence electrons. The van der Waals surface area contributed by atoms with Crippen molar-refractivity contribution in [2.75, 3.05) is 44.4 Å². The average molecular weight is 535 g/mol. The van der Waals surface area contributed by atoms with E-state index in [1.54, 1.807) is 31.4 Å². The number of piperazine rings is 1. The highest BCUT2D eigenvalue weighted by Gasteiger charge is 2.38. The summed E-state index contributed by atoms with van der Waals surface area (Å²) in [4.78, 5) is 26.3. The molecule has 0 spiro atoms. The molecule has 0 saturated carbocycles. The number of hydrogen-bond acceptors (Lipinski definition) is 6. The number of benzene rings is 3. The Hall–Kier alpha value is -4.32. The van der Waals surface area contributed by atoms with Gasteiger partial charge in [-0.05, 0) is 67.1 Å². The summed E-state index contributed by atoms with van der Waals surface area (Å²) in [6, 6.07) is 16.7. The predicted octanol–water partition coefficient (Wildman–Crippen LogP) is 4.77. The van der Waals surface area contributed by atoms with Gasteiger partial charge in [0.05, 0.1) is 11.6 Å². The molecule has 6 rings (SSSR count). The third kappa shape index (κ3) is 5.14. The molecule has 40 heavy (non-hydrogen) atoms. The van der Waals surface area contributed by atoms with Gasteiger partial charge in [0.25, 0.3) is 5.91 Å². The van der Waals surface area contributed by atoms with Crippen molar-refractivity contribution >= 4 is 28.4 Å². The van der Waals surface area contributed by atoms with Crippen molar-refractivity contribution in [1.82, 2.24) is 19.8 Å². The molecule has 2 unspecified atom stereocenters. The Morgan fingerprint density at radius 1 is 1.07 bits per heavy atom. The van der Waals surface area contributed by atoms with Crippen molar-refractivity contribution in [2.24, 2.45) is 0 Å². The van der Waals surface area contributed by atoms with Crippen molar-refractivity contribution in [2.45, 2.75) is 25.7 Å². The molecule has 2 N–H and O–H groups in total. The summed E-state index contributed by atoms with van der Waals surface area (Å²) >= 11 is 0. The summed E-state index contributed by atoms with van der Waals surface area (Å²) < 4.78 is 15.6. The molecule has 2 aliphatic rings. The van der Waals surface area contributed by atoms with Gasteiger partial charge in [-0.2, -0.15) is 0 Å². The lowest BCUT2D eigenvalue weighted by molar-refractivity contribution is 0.0201. The zero-order valence-electron chi connectivity index (χ0n) is 22.8. The van der Waals surface area contributed by atoms with Gasteiger partial charge in [-0.15, -0.1) is 0 Å². The maximum absolute atomic E-state index is 15.6. The molecule has 4 aromatic rings. The second-order valence-corrected chi connectivity index (χ2v) is 10.6. The Balaban J connectivity index is 1.21. The number of aryl methyl sites for hydroxylation is 1. The highest BCUT2D eigenvalue weighted by Crippen LogP contribution is 2.37. The van der Waals surface area contributed by atoms with Crippen LogP contribution in [0.15, 0.2) is 60.8 Å². The Morgan fingerprint density at radius 3 is 2.80 bits per heavy atom. The maximum atomic E-state index is 15.6. The van der Waals surface area contributed by atoms with E-state index in [-0.39, 0.29) is 11.9 Å². The summed E-state index contributed by atoms with van der Waals surface area (Å²) in [7, 11) is 3.82. The number of aromatic nitrogens is 2. The first kappa shape index (κ1) is 25.9. The van der Waals surface area contributed by atoms with E-state index in [4.69, 9.17) is 0 Å². The van der Waals surface area contributed by atoms with E-state index in [9.17, 15) is 4.79 Å². The number of amides is 1. The molecule has 1 amide bonds. The fraction of sp³-hybridized carbons (Fsp3) is 0.281. The van der Waals surface area contributed by atoms with Gasteiger partial charge in [0.2, 0.25) is 5.95 Å². The van der Waals surface area contributed by atoms with Crippen LogP contribution in [-0.4, -0.2) is 65.4 Å². The highest BCUT2D eigenvalue weighted by atomic mass is 19.1. The molecule has 1 saturated heterocycles. The Labute approximate surface area is 233 Å². The molecule has 8 heteroatoms. The van der Waals surface area contributed by atoms with E-state index in [1.165, 1.54) is 0 Å². The molecule has 0 bridgehead atoms. The molecule has 3 heterocycles. The number of carbonyl (C=O) groups is 1. The third-order valence-corrected chi connectivity index (χ3v) is 7.80. The molecule has 1 aromatic heterocycles. The minimum atomic E-state index is -1.09. The van der Waals surface area contributed by atoms with Gasteiger partial charge in [-0.3, -0.25) is 9.69 Å². The fourth-order valence-electron chi connectivity index (χ4n) is 5.43. The zero-order valence-corrected chi connectivity index (χ0v) is 22.8. The first-order chi connectivity index (χ1) is 19.4. The smallest absolute Gasteiger partial charge is 0.255 e. The molecular weight excluding hydrogens is 503 g/mol. The van der Waals surface area contributed by atoms with Crippen LogP contribution in [0.1, 0.15) is 44.3 Å². The Kier molecular flexibility index (Phi) is 6.93. The first-order valence-electron chi connectivity index (χ1n) is 13.5. The van der Waals surface area contributed by atoms with Crippen LogP contribution in [0.4, 0.5) is 16.0 Å². The number of hydrogen-bond donors (Lipinski definition) is 2. The predicted molar refractivity (Wildman–Crippen MR) is 156 cm³/mol. The Bertz CT molecular complexity index is 1680. The number of alkyl halides is 1. The molecule has 2 atom stereocenters. The second-order valence-electron chi connectivity index (χ2n) is 10.6. The number of anilines is 2. The van der Waals surface area contributed by atoms with Crippen LogP contribution in [0, 0.1) is 18.8 Å². The van der Waals surface area contributed by atoms with Gasteiger partial charge in [0.15, 0.2) is 0 Å². The van der Waals surface area contributed by atoms with E-state index in [2.05, 4.69) is 42.2 Å². The SMILES string of the molecule is CNc1ncc2ccc(C#Cc3cc(C(=O)Nc4ccc5c(c4)C(F)C4CN(C)CCN4C5)ccc3C)cc2n1. The minimum absolute atomic E-state index is 0.157. The van der Waals surface area contributed by atoms with Crippen molar-refractivity contribution in [3.05, 3.63) is 94.2 Å². The highest BCUT2D eigenvalue weighted by molar-refractivity contribution is 6.04. The number of nitrogens with zero attached hydrogens (tertiary/aromatic N) is 4. The molecule has 2 aliphatic heterocycles. The van der Waals surface area contributed by atoms with Crippen molar-refractivity contribution in [1.29, 1.82) is 0 Å². The first-order valence-corrected chi connectivity index (χ1v) is 13.5. The van der Waals surface area contributed by atoms with Gasteiger partial charge in [0, 0.05) is 67.2 Å². The lowest BCUT2D eigenvalue weighted by atomic mass is 9.90. The number of fused-ring (bicyclic) bond motifs is 3. The summed E-state index contributed by atoms with van der Waals surface area (Å²) in [5, 5.41) is 6.85. The summed E-state index contributed by atoms with van der Waals surface area (Å²) in [6.45, 7) is 5.22. The lowest BCUT2D eigenvalue weighted by Gasteiger charge is -2.45. The van der Waals surface area contributed by atoms with Gasteiger partial charge in [-0.25, -0.2) is 14.4 Å². The van der Waals surface area contributed by atoms with Crippen molar-refractivity contribution in [3.63, 3.8) is 0 Å². The average Bonchev–Trinajstić information content (AvgIpc) is 2.97. The van der Waals surface area contributed by atoms with Crippen LogP contribution in [-0.2, 0) is 6.54 Å². The van der Waals surface area contributed by atoms with Crippen LogP contribution in [0.3, 0.4) is 0 Å². The van der Waals surface area contributed by atoms with Gasteiger partial charge < -0.3 is 15.5 Å². The van der Waals surface area contributed by atoms with E-state index in [0.29, 0.717) is 29.3 Å². The zero-order chi connectivity index (χ0) is 27.8. The fourth-order valence-corrected chi connectivity index (χ4v) is 5.43. The monoisotopic (exact) mass is 534 g/mol. The molecule has 1 fully saturated rings. The normalized spacial score (nSPS) is 18.8. The second kappa shape index (κ2) is 10.7. The van der Waals surface area contributed by atoms with Crippen LogP contribution in [0.5, 0.6) is 0 Å². The third-order valence-electron chi connectivity index (χ3n) is 7.80.